The second-order valence-electron chi connectivity index (χ2n) is 8.19. The van der Waals surface area contributed by atoms with Crippen LogP contribution in [0.1, 0.15) is 15.9 Å². The maximum atomic E-state index is 12.8. The summed E-state index contributed by atoms with van der Waals surface area (Å²) in [6, 6.07) is 25.8. The monoisotopic (exact) mass is 456 g/mol. The van der Waals surface area contributed by atoms with Crippen molar-refractivity contribution in [2.24, 2.45) is 0 Å². The first-order valence-electron chi connectivity index (χ1n) is 11.1. The van der Waals surface area contributed by atoms with Gasteiger partial charge in [-0.25, -0.2) is 4.98 Å². The third-order valence-electron chi connectivity index (χ3n) is 6.05. The SMILES string of the molecule is O=C(NCc1cccc(Cl)c1)c1ccc2ccnc(N3CCN(c4ccccc4)CC3)c2c1. The molecule has 0 saturated carbocycles. The van der Waals surface area contributed by atoms with Crippen LogP contribution < -0.4 is 15.1 Å². The van der Waals surface area contributed by atoms with Crippen LogP contribution in [-0.2, 0) is 6.54 Å². The number of rotatable bonds is 5. The molecule has 4 aromatic rings. The van der Waals surface area contributed by atoms with E-state index in [1.165, 1.54) is 5.69 Å². The number of fused-ring (bicyclic) bond motifs is 1. The van der Waals surface area contributed by atoms with E-state index in [0.717, 1.165) is 48.3 Å². The van der Waals surface area contributed by atoms with Crippen LogP contribution in [-0.4, -0.2) is 37.1 Å². The summed E-state index contributed by atoms with van der Waals surface area (Å²) in [4.78, 5) is 22.3. The lowest BCUT2D eigenvalue weighted by Crippen LogP contribution is -2.46. The molecule has 1 N–H and O–H groups in total. The van der Waals surface area contributed by atoms with E-state index in [4.69, 9.17) is 16.6 Å². The van der Waals surface area contributed by atoms with E-state index in [-0.39, 0.29) is 5.91 Å². The Morgan fingerprint density at radius 2 is 1.67 bits per heavy atom. The Bertz CT molecular complexity index is 1270. The topological polar surface area (TPSA) is 48.5 Å². The molecule has 1 amide bonds. The summed E-state index contributed by atoms with van der Waals surface area (Å²) >= 11 is 6.05. The maximum Gasteiger partial charge on any atom is 0.251 e. The van der Waals surface area contributed by atoms with Gasteiger partial charge in [-0.05, 0) is 53.4 Å². The van der Waals surface area contributed by atoms with Crippen LogP contribution in [0, 0.1) is 0 Å². The average molecular weight is 457 g/mol. The highest BCUT2D eigenvalue weighted by molar-refractivity contribution is 6.30. The van der Waals surface area contributed by atoms with Gasteiger partial charge in [0, 0.05) is 60.6 Å². The Kier molecular flexibility index (Phi) is 6.13. The molecule has 0 spiro atoms. The summed E-state index contributed by atoms with van der Waals surface area (Å²) in [7, 11) is 0. The molecular formula is C27H25ClN4O. The molecule has 0 atom stereocenters. The van der Waals surface area contributed by atoms with Crippen molar-refractivity contribution in [2.75, 3.05) is 36.0 Å². The summed E-state index contributed by atoms with van der Waals surface area (Å²) in [5.74, 6) is 0.824. The lowest BCUT2D eigenvalue weighted by Gasteiger charge is -2.37. The molecule has 5 rings (SSSR count). The first-order chi connectivity index (χ1) is 16.2. The minimum absolute atomic E-state index is 0.111. The molecule has 0 aliphatic carbocycles. The molecule has 1 aromatic heterocycles. The number of carbonyl (C=O) groups excluding carboxylic acids is 1. The lowest BCUT2D eigenvalue weighted by atomic mass is 10.1. The van der Waals surface area contributed by atoms with Gasteiger partial charge in [0.1, 0.15) is 5.82 Å². The third-order valence-corrected chi connectivity index (χ3v) is 6.29. The predicted octanol–water partition coefficient (Wildman–Crippen LogP) is 5.14. The van der Waals surface area contributed by atoms with Crippen LogP contribution >= 0.6 is 11.6 Å². The number of benzene rings is 3. The second-order valence-corrected chi connectivity index (χ2v) is 8.63. The van der Waals surface area contributed by atoms with E-state index in [2.05, 4.69) is 39.4 Å². The Morgan fingerprint density at radius 1 is 0.879 bits per heavy atom. The Balaban J connectivity index is 1.33. The zero-order chi connectivity index (χ0) is 22.6. The number of piperazine rings is 1. The van der Waals surface area contributed by atoms with Crippen LogP contribution in [0.4, 0.5) is 11.5 Å². The van der Waals surface area contributed by atoms with Crippen molar-refractivity contribution in [3.05, 3.63) is 101 Å². The van der Waals surface area contributed by atoms with E-state index in [9.17, 15) is 4.79 Å². The maximum absolute atomic E-state index is 12.8. The van der Waals surface area contributed by atoms with Gasteiger partial charge in [-0.1, -0.05) is 48.0 Å². The fourth-order valence-corrected chi connectivity index (χ4v) is 4.51. The highest BCUT2D eigenvalue weighted by Gasteiger charge is 2.20. The smallest absolute Gasteiger partial charge is 0.251 e. The molecule has 0 bridgehead atoms. The molecule has 6 heteroatoms. The summed E-state index contributed by atoms with van der Waals surface area (Å²) in [5, 5.41) is 5.74. The van der Waals surface area contributed by atoms with E-state index >= 15 is 0 Å². The molecule has 0 unspecified atom stereocenters. The number of carbonyl (C=O) groups is 1. The Morgan fingerprint density at radius 3 is 2.45 bits per heavy atom. The van der Waals surface area contributed by atoms with E-state index in [0.29, 0.717) is 17.1 Å². The average Bonchev–Trinajstić information content (AvgIpc) is 2.87. The standard InChI is InChI=1S/C27H25ClN4O/c28-23-6-4-5-20(17-23)19-30-27(33)22-10-9-21-11-12-29-26(25(21)18-22)32-15-13-31(14-16-32)24-7-2-1-3-8-24/h1-12,17-18H,13-16,19H2,(H,30,33). The number of amides is 1. The number of aromatic nitrogens is 1. The van der Waals surface area contributed by atoms with Crippen molar-refractivity contribution in [1.29, 1.82) is 0 Å². The Hall–Kier alpha value is -3.57. The van der Waals surface area contributed by atoms with Crippen molar-refractivity contribution in [1.82, 2.24) is 10.3 Å². The largest absolute Gasteiger partial charge is 0.368 e. The predicted molar refractivity (Wildman–Crippen MR) is 135 cm³/mol. The normalized spacial score (nSPS) is 13.8. The number of pyridine rings is 1. The van der Waals surface area contributed by atoms with Gasteiger partial charge >= 0.3 is 0 Å². The van der Waals surface area contributed by atoms with Gasteiger partial charge in [0.2, 0.25) is 0 Å². The fourth-order valence-electron chi connectivity index (χ4n) is 4.29. The number of nitrogens with zero attached hydrogens (tertiary/aromatic N) is 3. The van der Waals surface area contributed by atoms with Gasteiger partial charge in [-0.3, -0.25) is 4.79 Å². The van der Waals surface area contributed by atoms with Gasteiger partial charge in [-0.2, -0.15) is 0 Å². The number of hydrogen-bond donors (Lipinski definition) is 1. The van der Waals surface area contributed by atoms with Crippen LogP contribution in [0.25, 0.3) is 10.8 Å². The molecule has 1 aliphatic rings. The minimum atomic E-state index is -0.111. The first kappa shape index (κ1) is 21.3. The van der Waals surface area contributed by atoms with Gasteiger partial charge in [0.15, 0.2) is 0 Å². The van der Waals surface area contributed by atoms with Gasteiger partial charge < -0.3 is 15.1 Å². The van der Waals surface area contributed by atoms with Crippen LogP contribution in [0.3, 0.4) is 0 Å². The van der Waals surface area contributed by atoms with E-state index < -0.39 is 0 Å². The second kappa shape index (κ2) is 9.51. The number of nitrogens with one attached hydrogen (secondary N) is 1. The summed E-state index contributed by atoms with van der Waals surface area (Å²) in [6.07, 6.45) is 1.85. The zero-order valence-corrected chi connectivity index (χ0v) is 19.0. The highest BCUT2D eigenvalue weighted by atomic mass is 35.5. The third kappa shape index (κ3) is 4.78. The van der Waals surface area contributed by atoms with Gasteiger partial charge in [0.05, 0.1) is 0 Å². The quantitative estimate of drug-likeness (QED) is 0.451. The molecule has 3 aromatic carbocycles. The summed E-state index contributed by atoms with van der Waals surface area (Å²) < 4.78 is 0. The molecule has 1 fully saturated rings. The fraction of sp³-hybridized carbons (Fsp3) is 0.185. The van der Waals surface area contributed by atoms with Gasteiger partial charge in [-0.15, -0.1) is 0 Å². The molecule has 1 aliphatic heterocycles. The van der Waals surface area contributed by atoms with E-state index in [1.54, 1.807) is 0 Å². The molecule has 5 nitrogen and oxygen atoms in total. The van der Waals surface area contributed by atoms with E-state index in [1.807, 2.05) is 60.8 Å². The number of anilines is 2. The zero-order valence-electron chi connectivity index (χ0n) is 18.2. The van der Waals surface area contributed by atoms with Crippen molar-refractivity contribution < 1.29 is 4.79 Å². The number of halogens is 1. The van der Waals surface area contributed by atoms with Crippen molar-refractivity contribution in [2.45, 2.75) is 6.54 Å². The number of hydrogen-bond acceptors (Lipinski definition) is 4. The Labute approximate surface area is 198 Å². The highest BCUT2D eigenvalue weighted by Crippen LogP contribution is 2.27. The molecule has 1 saturated heterocycles. The van der Waals surface area contributed by atoms with Crippen LogP contribution in [0.2, 0.25) is 5.02 Å². The molecule has 33 heavy (non-hydrogen) atoms. The molecule has 2 heterocycles. The van der Waals surface area contributed by atoms with Gasteiger partial charge in [0.25, 0.3) is 5.91 Å². The van der Waals surface area contributed by atoms with Crippen molar-refractivity contribution in [3.8, 4) is 0 Å². The molecule has 166 valence electrons. The number of para-hydroxylation sites is 1. The summed E-state index contributed by atoms with van der Waals surface area (Å²) in [6.45, 7) is 4.06. The molecule has 0 radical (unpaired) electrons. The first-order valence-corrected chi connectivity index (χ1v) is 11.5. The minimum Gasteiger partial charge on any atom is -0.368 e. The van der Waals surface area contributed by atoms with Crippen LogP contribution in [0.15, 0.2) is 85.1 Å². The van der Waals surface area contributed by atoms with Crippen molar-refractivity contribution >= 4 is 39.8 Å². The van der Waals surface area contributed by atoms with Crippen LogP contribution in [0.5, 0.6) is 0 Å². The van der Waals surface area contributed by atoms with Crippen molar-refractivity contribution in [3.63, 3.8) is 0 Å². The molecular weight excluding hydrogens is 432 g/mol. The lowest BCUT2D eigenvalue weighted by molar-refractivity contribution is 0.0951. The summed E-state index contributed by atoms with van der Waals surface area (Å²) in [5.41, 5.74) is 2.85.